The number of carbonyl (C=O) groups is 1. The normalized spacial score (nSPS) is 15.0. The molecule has 3 aromatic rings. The molecule has 1 fully saturated rings. The van der Waals surface area contributed by atoms with Gasteiger partial charge in [-0.05, 0) is 66.9 Å². The van der Waals surface area contributed by atoms with Crippen molar-refractivity contribution >= 4 is 11.6 Å². The molecule has 0 unspecified atom stereocenters. The summed E-state index contributed by atoms with van der Waals surface area (Å²) in [5.74, 6) is 0.839. The second-order valence-corrected chi connectivity index (χ2v) is 7.60. The third-order valence-corrected chi connectivity index (χ3v) is 5.67. The largest absolute Gasteiger partial charge is 0.497 e. The van der Waals surface area contributed by atoms with E-state index in [1.165, 1.54) is 5.56 Å². The van der Waals surface area contributed by atoms with Gasteiger partial charge in [-0.1, -0.05) is 18.2 Å². The van der Waals surface area contributed by atoms with E-state index in [9.17, 15) is 4.79 Å². The molecular weight excluding hydrogens is 374 g/mol. The summed E-state index contributed by atoms with van der Waals surface area (Å²) < 4.78 is 5.30. The number of ether oxygens (including phenoxy) is 1. The van der Waals surface area contributed by atoms with Crippen molar-refractivity contribution in [2.45, 2.75) is 25.4 Å². The van der Waals surface area contributed by atoms with Crippen LogP contribution in [0.2, 0.25) is 0 Å². The Bertz CT molecular complexity index is 937. The molecule has 5 nitrogen and oxygen atoms in total. The number of rotatable bonds is 6. The molecule has 2 aromatic carbocycles. The number of likely N-dealkylation sites (tertiary alicyclic amines) is 1. The predicted molar refractivity (Wildman–Crippen MR) is 119 cm³/mol. The molecule has 30 heavy (non-hydrogen) atoms. The Kier molecular flexibility index (Phi) is 6.40. The van der Waals surface area contributed by atoms with Crippen LogP contribution in [0, 0.1) is 0 Å². The molecule has 0 bridgehead atoms. The average Bonchev–Trinajstić information content (AvgIpc) is 2.82. The van der Waals surface area contributed by atoms with Gasteiger partial charge in [-0.15, -0.1) is 0 Å². The summed E-state index contributed by atoms with van der Waals surface area (Å²) in [7, 11) is 1.65. The Balaban J connectivity index is 1.52. The molecule has 154 valence electrons. The molecule has 0 atom stereocenters. The predicted octanol–water partition coefficient (Wildman–Crippen LogP) is 4.40. The van der Waals surface area contributed by atoms with Crippen molar-refractivity contribution in [3.05, 3.63) is 90.3 Å². The third-order valence-electron chi connectivity index (χ3n) is 5.67. The second-order valence-electron chi connectivity index (χ2n) is 7.60. The van der Waals surface area contributed by atoms with E-state index in [4.69, 9.17) is 4.74 Å². The first-order valence-electron chi connectivity index (χ1n) is 10.4. The van der Waals surface area contributed by atoms with Gasteiger partial charge in [-0.3, -0.25) is 14.7 Å². The minimum atomic E-state index is 0.0494. The molecule has 1 aromatic heterocycles. The van der Waals surface area contributed by atoms with Crippen LogP contribution in [0.4, 0.5) is 5.69 Å². The molecule has 0 aliphatic carbocycles. The van der Waals surface area contributed by atoms with Gasteiger partial charge in [0.2, 0.25) is 0 Å². The highest BCUT2D eigenvalue weighted by Gasteiger charge is 2.30. The van der Waals surface area contributed by atoms with Gasteiger partial charge in [0.1, 0.15) is 5.75 Å². The van der Waals surface area contributed by atoms with E-state index < -0.39 is 0 Å². The second kappa shape index (κ2) is 9.55. The molecule has 1 aliphatic rings. The van der Waals surface area contributed by atoms with Crippen molar-refractivity contribution in [3.63, 3.8) is 0 Å². The third kappa shape index (κ3) is 4.69. The molecular formula is C25H27N3O2. The monoisotopic (exact) mass is 401 g/mol. The first-order chi connectivity index (χ1) is 14.7. The summed E-state index contributed by atoms with van der Waals surface area (Å²) in [5.41, 5.74) is 2.90. The fraction of sp³-hybridized carbons (Fsp3) is 0.280. The lowest BCUT2D eigenvalue weighted by Crippen LogP contribution is -2.47. The highest BCUT2D eigenvalue weighted by atomic mass is 16.5. The number of pyridine rings is 1. The number of hydrogen-bond donors (Lipinski definition) is 0. The lowest BCUT2D eigenvalue weighted by molar-refractivity contribution is 0.0958. The molecule has 1 saturated heterocycles. The fourth-order valence-electron chi connectivity index (χ4n) is 4.04. The maximum atomic E-state index is 13.4. The SMILES string of the molecule is COc1ccc(N(C(=O)c2ccccc2)C2CCN(Cc3ccncc3)CC2)cc1. The van der Waals surface area contributed by atoms with Crippen LogP contribution >= 0.6 is 0 Å². The van der Waals surface area contributed by atoms with Gasteiger partial charge in [0.15, 0.2) is 0 Å². The van der Waals surface area contributed by atoms with E-state index in [0.717, 1.165) is 43.9 Å². The lowest BCUT2D eigenvalue weighted by atomic mass is 10.00. The summed E-state index contributed by atoms with van der Waals surface area (Å²) in [6.45, 7) is 2.84. The summed E-state index contributed by atoms with van der Waals surface area (Å²) in [4.78, 5) is 22.0. The zero-order valence-electron chi connectivity index (χ0n) is 17.3. The molecule has 0 saturated carbocycles. The number of hydrogen-bond acceptors (Lipinski definition) is 4. The molecule has 0 spiro atoms. The minimum Gasteiger partial charge on any atom is -0.497 e. The van der Waals surface area contributed by atoms with E-state index in [1.807, 2.05) is 71.9 Å². The number of anilines is 1. The summed E-state index contributed by atoms with van der Waals surface area (Å²) in [5, 5.41) is 0. The zero-order valence-corrected chi connectivity index (χ0v) is 17.3. The van der Waals surface area contributed by atoms with Gasteiger partial charge in [0.05, 0.1) is 7.11 Å². The van der Waals surface area contributed by atoms with E-state index in [2.05, 4.69) is 22.0 Å². The minimum absolute atomic E-state index is 0.0494. The van der Waals surface area contributed by atoms with Gasteiger partial charge in [-0.25, -0.2) is 0 Å². The van der Waals surface area contributed by atoms with Crippen LogP contribution in [0.5, 0.6) is 5.75 Å². The Morgan fingerprint density at radius 3 is 2.30 bits per heavy atom. The molecule has 1 aliphatic heterocycles. The standard InChI is InChI=1S/C25H27N3O2/c1-30-24-9-7-22(8-10-24)28(25(29)21-5-3-2-4-6-21)23-13-17-27(18-14-23)19-20-11-15-26-16-12-20/h2-12,15-16,23H,13-14,17-19H2,1H3. The highest BCUT2D eigenvalue weighted by molar-refractivity contribution is 6.06. The Morgan fingerprint density at radius 1 is 1.00 bits per heavy atom. The quantitative estimate of drug-likeness (QED) is 0.614. The van der Waals surface area contributed by atoms with Gasteiger partial charge in [0, 0.05) is 49.3 Å². The Hall–Kier alpha value is -3.18. The Morgan fingerprint density at radius 2 is 1.67 bits per heavy atom. The average molecular weight is 402 g/mol. The molecule has 5 heteroatoms. The van der Waals surface area contributed by atoms with Crippen LogP contribution in [-0.2, 0) is 6.54 Å². The van der Waals surface area contributed by atoms with Crippen LogP contribution in [0.3, 0.4) is 0 Å². The zero-order chi connectivity index (χ0) is 20.8. The van der Waals surface area contributed by atoms with Crippen molar-refractivity contribution in [2.75, 3.05) is 25.1 Å². The molecule has 0 N–H and O–H groups in total. The van der Waals surface area contributed by atoms with E-state index in [0.29, 0.717) is 5.56 Å². The highest BCUT2D eigenvalue weighted by Crippen LogP contribution is 2.28. The molecule has 1 amide bonds. The van der Waals surface area contributed by atoms with Crippen molar-refractivity contribution in [1.82, 2.24) is 9.88 Å². The molecule has 4 rings (SSSR count). The fourth-order valence-corrected chi connectivity index (χ4v) is 4.04. The number of carbonyl (C=O) groups excluding carboxylic acids is 1. The topological polar surface area (TPSA) is 45.7 Å². The van der Waals surface area contributed by atoms with Crippen LogP contribution in [-0.4, -0.2) is 42.0 Å². The first-order valence-corrected chi connectivity index (χ1v) is 10.4. The summed E-state index contributed by atoms with van der Waals surface area (Å²) >= 11 is 0. The number of methoxy groups -OCH3 is 1. The van der Waals surface area contributed by atoms with Gasteiger partial charge in [-0.2, -0.15) is 0 Å². The maximum Gasteiger partial charge on any atom is 0.258 e. The Labute approximate surface area is 177 Å². The van der Waals surface area contributed by atoms with Crippen molar-refractivity contribution < 1.29 is 9.53 Å². The summed E-state index contributed by atoms with van der Waals surface area (Å²) in [6, 6.07) is 21.6. The van der Waals surface area contributed by atoms with Crippen LogP contribution in [0.15, 0.2) is 79.1 Å². The summed E-state index contributed by atoms with van der Waals surface area (Å²) in [6.07, 6.45) is 5.56. The van der Waals surface area contributed by atoms with Crippen molar-refractivity contribution in [3.8, 4) is 5.75 Å². The number of piperidine rings is 1. The number of nitrogens with zero attached hydrogens (tertiary/aromatic N) is 3. The van der Waals surface area contributed by atoms with E-state index in [-0.39, 0.29) is 11.9 Å². The van der Waals surface area contributed by atoms with Gasteiger partial charge < -0.3 is 9.64 Å². The van der Waals surface area contributed by atoms with Gasteiger partial charge in [0.25, 0.3) is 5.91 Å². The number of benzene rings is 2. The molecule has 0 radical (unpaired) electrons. The van der Waals surface area contributed by atoms with Gasteiger partial charge >= 0.3 is 0 Å². The van der Waals surface area contributed by atoms with Crippen molar-refractivity contribution in [1.29, 1.82) is 0 Å². The first kappa shape index (κ1) is 20.1. The number of amides is 1. The number of aromatic nitrogens is 1. The van der Waals surface area contributed by atoms with Crippen LogP contribution in [0.25, 0.3) is 0 Å². The van der Waals surface area contributed by atoms with E-state index >= 15 is 0 Å². The maximum absolute atomic E-state index is 13.4. The van der Waals surface area contributed by atoms with Crippen LogP contribution < -0.4 is 9.64 Å². The van der Waals surface area contributed by atoms with Crippen LogP contribution in [0.1, 0.15) is 28.8 Å². The molecule has 2 heterocycles. The van der Waals surface area contributed by atoms with E-state index in [1.54, 1.807) is 7.11 Å². The lowest BCUT2D eigenvalue weighted by Gasteiger charge is -2.38. The van der Waals surface area contributed by atoms with Crippen molar-refractivity contribution in [2.24, 2.45) is 0 Å². The smallest absolute Gasteiger partial charge is 0.258 e.